The van der Waals surface area contributed by atoms with Gasteiger partial charge in [0.2, 0.25) is 5.76 Å². The van der Waals surface area contributed by atoms with Gasteiger partial charge >= 0.3 is 0 Å². The van der Waals surface area contributed by atoms with Crippen LogP contribution in [-0.2, 0) is 0 Å². The Hall–Kier alpha value is -2.08. The summed E-state index contributed by atoms with van der Waals surface area (Å²) in [6, 6.07) is 5.22. The smallest absolute Gasteiger partial charge is 0.276 e. The SMILES string of the molecule is NCC1CCCN1C(=O)c1cc(-c2ccco2)on1. The van der Waals surface area contributed by atoms with Gasteiger partial charge in [-0.2, -0.15) is 0 Å². The highest BCUT2D eigenvalue weighted by Gasteiger charge is 2.30. The highest BCUT2D eigenvalue weighted by Crippen LogP contribution is 2.23. The molecule has 0 bridgehead atoms. The molecule has 100 valence electrons. The Morgan fingerprint density at radius 3 is 3.16 bits per heavy atom. The lowest BCUT2D eigenvalue weighted by atomic mass is 10.2. The number of carbonyl (C=O) groups excluding carboxylic acids is 1. The molecule has 0 aromatic carbocycles. The highest BCUT2D eigenvalue weighted by atomic mass is 16.5. The summed E-state index contributed by atoms with van der Waals surface area (Å²) in [5, 5.41) is 3.82. The van der Waals surface area contributed by atoms with Crippen LogP contribution in [0.1, 0.15) is 23.3 Å². The molecule has 1 atom stereocenters. The van der Waals surface area contributed by atoms with Gasteiger partial charge in [0.15, 0.2) is 11.5 Å². The minimum atomic E-state index is -0.130. The standard InChI is InChI=1S/C13H15N3O3/c14-8-9-3-1-5-16(9)13(17)10-7-12(19-15-10)11-4-2-6-18-11/h2,4,6-7,9H,1,3,5,8,14H2. The maximum atomic E-state index is 12.3. The molecule has 1 aliphatic rings. The maximum Gasteiger partial charge on any atom is 0.276 e. The number of hydrogen-bond acceptors (Lipinski definition) is 5. The summed E-state index contributed by atoms with van der Waals surface area (Å²) in [5.41, 5.74) is 5.97. The lowest BCUT2D eigenvalue weighted by Gasteiger charge is -2.21. The quantitative estimate of drug-likeness (QED) is 0.904. The Labute approximate surface area is 110 Å². The molecule has 6 heteroatoms. The van der Waals surface area contributed by atoms with Crippen LogP contribution in [0.25, 0.3) is 11.5 Å². The van der Waals surface area contributed by atoms with Crippen LogP contribution < -0.4 is 5.73 Å². The van der Waals surface area contributed by atoms with Gasteiger partial charge in [0, 0.05) is 25.2 Å². The molecule has 2 N–H and O–H groups in total. The third-order valence-electron chi connectivity index (χ3n) is 3.40. The minimum Gasteiger partial charge on any atom is -0.461 e. The van der Waals surface area contributed by atoms with Gasteiger partial charge in [-0.1, -0.05) is 5.16 Å². The fourth-order valence-electron chi connectivity index (χ4n) is 2.41. The first-order valence-electron chi connectivity index (χ1n) is 6.31. The summed E-state index contributed by atoms with van der Waals surface area (Å²) in [7, 11) is 0. The van der Waals surface area contributed by atoms with Crippen LogP contribution in [0.5, 0.6) is 0 Å². The first-order valence-corrected chi connectivity index (χ1v) is 6.31. The summed E-state index contributed by atoms with van der Waals surface area (Å²) in [4.78, 5) is 14.1. The molecule has 0 spiro atoms. The summed E-state index contributed by atoms with van der Waals surface area (Å²) in [6.45, 7) is 1.21. The zero-order valence-electron chi connectivity index (χ0n) is 10.4. The Bertz CT molecular complexity index is 561. The van der Waals surface area contributed by atoms with E-state index in [1.807, 2.05) is 0 Å². The molecule has 6 nitrogen and oxygen atoms in total. The molecule has 0 saturated carbocycles. The average molecular weight is 261 g/mol. The molecule has 3 heterocycles. The van der Waals surface area contributed by atoms with Crippen LogP contribution in [0.4, 0.5) is 0 Å². The first-order chi connectivity index (χ1) is 9.29. The number of carbonyl (C=O) groups is 1. The van der Waals surface area contributed by atoms with Gasteiger partial charge in [-0.15, -0.1) is 0 Å². The largest absolute Gasteiger partial charge is 0.461 e. The highest BCUT2D eigenvalue weighted by molar-refractivity contribution is 5.93. The van der Waals surface area contributed by atoms with Crippen LogP contribution in [0.3, 0.4) is 0 Å². The van der Waals surface area contributed by atoms with Crippen LogP contribution >= 0.6 is 0 Å². The van der Waals surface area contributed by atoms with Gasteiger partial charge in [0.25, 0.3) is 5.91 Å². The van der Waals surface area contributed by atoms with Gasteiger partial charge in [0.1, 0.15) is 0 Å². The molecule has 2 aromatic rings. The Balaban J connectivity index is 1.81. The Morgan fingerprint density at radius 2 is 2.42 bits per heavy atom. The second kappa shape index (κ2) is 4.89. The predicted octanol–water partition coefficient (Wildman–Crippen LogP) is 1.50. The maximum absolute atomic E-state index is 12.3. The fourth-order valence-corrected chi connectivity index (χ4v) is 2.41. The van der Waals surface area contributed by atoms with E-state index in [4.69, 9.17) is 14.7 Å². The van der Waals surface area contributed by atoms with Crippen molar-refractivity contribution in [1.82, 2.24) is 10.1 Å². The zero-order valence-corrected chi connectivity index (χ0v) is 10.4. The van der Waals surface area contributed by atoms with Crippen molar-refractivity contribution in [3.8, 4) is 11.5 Å². The van der Waals surface area contributed by atoms with Crippen LogP contribution in [-0.4, -0.2) is 35.1 Å². The summed E-state index contributed by atoms with van der Waals surface area (Å²) in [6.07, 6.45) is 3.48. The number of nitrogens with zero attached hydrogens (tertiary/aromatic N) is 2. The minimum absolute atomic E-state index is 0.108. The van der Waals surface area contributed by atoms with E-state index in [0.29, 0.717) is 23.8 Å². The van der Waals surface area contributed by atoms with Crippen molar-refractivity contribution in [2.45, 2.75) is 18.9 Å². The molecule has 1 saturated heterocycles. The second-order valence-electron chi connectivity index (χ2n) is 4.58. The number of likely N-dealkylation sites (tertiary alicyclic amines) is 1. The van der Waals surface area contributed by atoms with Gasteiger partial charge < -0.3 is 19.6 Å². The van der Waals surface area contributed by atoms with Crippen molar-refractivity contribution in [3.05, 3.63) is 30.2 Å². The van der Waals surface area contributed by atoms with E-state index < -0.39 is 0 Å². The molecule has 1 fully saturated rings. The van der Waals surface area contributed by atoms with E-state index in [9.17, 15) is 4.79 Å². The van der Waals surface area contributed by atoms with Crippen molar-refractivity contribution in [2.75, 3.05) is 13.1 Å². The summed E-state index contributed by atoms with van der Waals surface area (Å²) >= 11 is 0. The van der Waals surface area contributed by atoms with E-state index in [1.165, 1.54) is 0 Å². The molecule has 1 amide bonds. The van der Waals surface area contributed by atoms with Gasteiger partial charge in [-0.05, 0) is 25.0 Å². The van der Waals surface area contributed by atoms with E-state index in [-0.39, 0.29) is 11.9 Å². The Morgan fingerprint density at radius 1 is 1.53 bits per heavy atom. The Kier molecular flexibility index (Phi) is 3.08. The molecule has 3 rings (SSSR count). The average Bonchev–Trinajstić information content (AvgIpc) is 3.16. The fraction of sp³-hybridized carbons (Fsp3) is 0.385. The molecule has 1 unspecified atom stereocenters. The van der Waals surface area contributed by atoms with Crippen molar-refractivity contribution in [3.63, 3.8) is 0 Å². The topological polar surface area (TPSA) is 85.5 Å². The van der Waals surface area contributed by atoms with Crippen molar-refractivity contribution in [2.24, 2.45) is 5.73 Å². The molecule has 19 heavy (non-hydrogen) atoms. The number of nitrogens with two attached hydrogens (primary N) is 1. The lowest BCUT2D eigenvalue weighted by Crippen LogP contribution is -2.40. The van der Waals surface area contributed by atoms with Crippen LogP contribution in [0.2, 0.25) is 0 Å². The molecule has 2 aromatic heterocycles. The molecule has 0 aliphatic carbocycles. The lowest BCUT2D eigenvalue weighted by molar-refractivity contribution is 0.0730. The van der Waals surface area contributed by atoms with Crippen molar-refractivity contribution < 1.29 is 13.7 Å². The summed E-state index contributed by atoms with van der Waals surface area (Å²) < 4.78 is 10.3. The van der Waals surface area contributed by atoms with E-state index in [2.05, 4.69) is 5.16 Å². The number of hydrogen-bond donors (Lipinski definition) is 1. The number of aromatic nitrogens is 1. The van der Waals surface area contributed by atoms with Crippen molar-refractivity contribution >= 4 is 5.91 Å². The van der Waals surface area contributed by atoms with Gasteiger partial charge in [0.05, 0.1) is 6.26 Å². The normalized spacial score (nSPS) is 19.0. The monoisotopic (exact) mass is 261 g/mol. The molecular weight excluding hydrogens is 246 g/mol. The zero-order chi connectivity index (χ0) is 13.2. The van der Waals surface area contributed by atoms with Crippen LogP contribution in [0.15, 0.2) is 33.4 Å². The number of amides is 1. The van der Waals surface area contributed by atoms with Crippen molar-refractivity contribution in [1.29, 1.82) is 0 Å². The molecular formula is C13H15N3O3. The van der Waals surface area contributed by atoms with E-state index in [0.717, 1.165) is 19.4 Å². The third kappa shape index (κ3) is 2.15. The number of furan rings is 1. The van der Waals surface area contributed by atoms with E-state index >= 15 is 0 Å². The molecule has 1 aliphatic heterocycles. The van der Waals surface area contributed by atoms with Gasteiger partial charge in [-0.3, -0.25) is 4.79 Å². The predicted molar refractivity (Wildman–Crippen MR) is 67.3 cm³/mol. The van der Waals surface area contributed by atoms with Crippen LogP contribution in [0, 0.1) is 0 Å². The second-order valence-corrected chi connectivity index (χ2v) is 4.58. The third-order valence-corrected chi connectivity index (χ3v) is 3.40. The molecule has 0 radical (unpaired) electrons. The van der Waals surface area contributed by atoms with E-state index in [1.54, 1.807) is 29.4 Å². The first kappa shape index (κ1) is 12.0. The van der Waals surface area contributed by atoms with Gasteiger partial charge in [-0.25, -0.2) is 0 Å². The number of rotatable bonds is 3. The summed E-state index contributed by atoms with van der Waals surface area (Å²) in [5.74, 6) is 0.884.